The van der Waals surface area contributed by atoms with Crippen molar-refractivity contribution in [3.63, 3.8) is 0 Å². The predicted octanol–water partition coefficient (Wildman–Crippen LogP) is 2.63. The van der Waals surface area contributed by atoms with Crippen LogP contribution in [0.2, 0.25) is 0 Å². The van der Waals surface area contributed by atoms with Gasteiger partial charge in [0, 0.05) is 6.54 Å². The van der Waals surface area contributed by atoms with Crippen LogP contribution in [0.4, 0.5) is 8.78 Å². The topological polar surface area (TPSA) is 82.5 Å². The van der Waals surface area contributed by atoms with Gasteiger partial charge in [0.2, 0.25) is 5.91 Å². The highest BCUT2D eigenvalue weighted by molar-refractivity contribution is 5.81. The largest absolute Gasteiger partial charge is 0.493 e. The Hall–Kier alpha value is -3.49. The average molecular weight is 403 g/mol. The van der Waals surface area contributed by atoms with Gasteiger partial charge in [0.1, 0.15) is 6.54 Å². The van der Waals surface area contributed by atoms with E-state index in [-0.39, 0.29) is 30.1 Å². The fourth-order valence-electron chi connectivity index (χ4n) is 2.88. The van der Waals surface area contributed by atoms with Crippen molar-refractivity contribution >= 4 is 16.8 Å². The van der Waals surface area contributed by atoms with Crippen molar-refractivity contribution in [2.24, 2.45) is 0 Å². The van der Waals surface area contributed by atoms with Crippen molar-refractivity contribution in [1.82, 2.24) is 14.9 Å². The number of fused-ring (bicyclic) bond motifs is 1. The van der Waals surface area contributed by atoms with Gasteiger partial charge in [-0.1, -0.05) is 18.2 Å². The first kappa shape index (κ1) is 20.2. The summed E-state index contributed by atoms with van der Waals surface area (Å²) in [6, 6.07) is 9.66. The second-order valence-electron chi connectivity index (χ2n) is 6.29. The minimum absolute atomic E-state index is 0.0957. The molecule has 2 aromatic carbocycles. The van der Waals surface area contributed by atoms with E-state index in [1.54, 1.807) is 12.1 Å². The quantitative estimate of drug-likeness (QED) is 0.656. The first-order valence-electron chi connectivity index (χ1n) is 8.72. The zero-order chi connectivity index (χ0) is 21.0. The lowest BCUT2D eigenvalue weighted by atomic mass is 10.1. The molecule has 0 aliphatic rings. The molecule has 0 aliphatic heterocycles. The molecule has 0 fully saturated rings. The van der Waals surface area contributed by atoms with Gasteiger partial charge in [-0.2, -0.15) is 8.78 Å². The predicted molar refractivity (Wildman–Crippen MR) is 102 cm³/mol. The molecule has 1 aromatic heterocycles. The maximum atomic E-state index is 12.6. The first-order chi connectivity index (χ1) is 13.9. The highest BCUT2D eigenvalue weighted by Gasteiger charge is 2.12. The van der Waals surface area contributed by atoms with Gasteiger partial charge in [-0.15, -0.1) is 0 Å². The molecule has 0 bridgehead atoms. The van der Waals surface area contributed by atoms with Crippen LogP contribution in [0.5, 0.6) is 11.5 Å². The summed E-state index contributed by atoms with van der Waals surface area (Å²) in [6.45, 7) is -1.18. The maximum absolute atomic E-state index is 12.6. The number of alkyl halides is 2. The van der Waals surface area contributed by atoms with Gasteiger partial charge < -0.3 is 14.8 Å². The normalized spacial score (nSPS) is 10.9. The molecule has 0 radical (unpaired) electrons. The molecule has 7 nitrogen and oxygen atoms in total. The SMILES string of the molecule is COc1cc(CNC(=O)Cn2cnc3c(C)cccc3c2=O)ccc1OC(F)F. The second kappa shape index (κ2) is 8.68. The van der Waals surface area contributed by atoms with Crippen molar-refractivity contribution in [3.8, 4) is 11.5 Å². The van der Waals surface area contributed by atoms with Crippen molar-refractivity contribution in [2.75, 3.05) is 7.11 Å². The summed E-state index contributed by atoms with van der Waals surface area (Å²) in [4.78, 5) is 29.1. The smallest absolute Gasteiger partial charge is 0.387 e. The van der Waals surface area contributed by atoms with Crippen molar-refractivity contribution in [1.29, 1.82) is 0 Å². The monoisotopic (exact) mass is 403 g/mol. The summed E-state index contributed by atoms with van der Waals surface area (Å²) in [5, 5.41) is 3.12. The van der Waals surface area contributed by atoms with Gasteiger partial charge in [-0.3, -0.25) is 14.2 Å². The highest BCUT2D eigenvalue weighted by atomic mass is 19.3. The molecule has 3 aromatic rings. The van der Waals surface area contributed by atoms with Gasteiger partial charge in [-0.05, 0) is 36.2 Å². The van der Waals surface area contributed by atoms with E-state index in [1.165, 1.54) is 36.2 Å². The molecule has 1 N–H and O–H groups in total. The van der Waals surface area contributed by atoms with E-state index < -0.39 is 12.5 Å². The average Bonchev–Trinajstić information content (AvgIpc) is 2.69. The van der Waals surface area contributed by atoms with E-state index in [2.05, 4.69) is 15.0 Å². The summed E-state index contributed by atoms with van der Waals surface area (Å²) in [7, 11) is 1.33. The van der Waals surface area contributed by atoms with Gasteiger partial charge in [0.25, 0.3) is 5.56 Å². The van der Waals surface area contributed by atoms with E-state index in [0.29, 0.717) is 16.5 Å². The number of carbonyl (C=O) groups excluding carboxylic acids is 1. The summed E-state index contributed by atoms with van der Waals surface area (Å²) in [5.41, 5.74) is 1.80. The Balaban J connectivity index is 1.68. The minimum atomic E-state index is -2.97. The van der Waals surface area contributed by atoms with Crippen LogP contribution in [0.3, 0.4) is 0 Å². The zero-order valence-electron chi connectivity index (χ0n) is 15.8. The van der Waals surface area contributed by atoms with Crippen LogP contribution < -0.4 is 20.3 Å². The molecule has 0 aliphatic carbocycles. The molecule has 152 valence electrons. The molecule has 0 saturated heterocycles. The Morgan fingerprint density at radius 2 is 2.03 bits per heavy atom. The lowest BCUT2D eigenvalue weighted by Crippen LogP contribution is -2.32. The Morgan fingerprint density at radius 3 is 2.76 bits per heavy atom. The van der Waals surface area contributed by atoms with E-state index in [0.717, 1.165) is 5.56 Å². The maximum Gasteiger partial charge on any atom is 0.387 e. The van der Waals surface area contributed by atoms with Crippen LogP contribution in [0.15, 0.2) is 47.5 Å². The molecule has 0 saturated carbocycles. The highest BCUT2D eigenvalue weighted by Crippen LogP contribution is 2.29. The fourth-order valence-corrected chi connectivity index (χ4v) is 2.88. The summed E-state index contributed by atoms with van der Waals surface area (Å²) in [6.07, 6.45) is 1.34. The summed E-state index contributed by atoms with van der Waals surface area (Å²) >= 11 is 0. The molecule has 1 heterocycles. The number of methoxy groups -OCH3 is 1. The van der Waals surface area contributed by atoms with Gasteiger partial charge in [0.15, 0.2) is 11.5 Å². The van der Waals surface area contributed by atoms with E-state index in [9.17, 15) is 18.4 Å². The third-order valence-electron chi connectivity index (χ3n) is 4.30. The molecule has 29 heavy (non-hydrogen) atoms. The summed E-state index contributed by atoms with van der Waals surface area (Å²) in [5.74, 6) is -0.364. The van der Waals surface area contributed by atoms with Crippen molar-refractivity contribution in [3.05, 3.63) is 64.2 Å². The van der Waals surface area contributed by atoms with Gasteiger partial charge >= 0.3 is 6.61 Å². The number of ether oxygens (including phenoxy) is 2. The molecule has 1 amide bonds. The van der Waals surface area contributed by atoms with Crippen LogP contribution in [-0.2, 0) is 17.9 Å². The number of rotatable bonds is 7. The van der Waals surface area contributed by atoms with E-state index in [1.807, 2.05) is 13.0 Å². The van der Waals surface area contributed by atoms with E-state index >= 15 is 0 Å². The molecule has 9 heteroatoms. The molecule has 0 unspecified atom stereocenters. The van der Waals surface area contributed by atoms with Crippen LogP contribution in [-0.4, -0.2) is 29.2 Å². The standard InChI is InChI=1S/C20H19F2N3O4/c1-12-4-3-5-14-18(12)24-11-25(19(14)27)10-17(26)23-9-13-6-7-15(29-20(21)22)16(8-13)28-2/h3-8,11,20H,9-10H2,1-2H3,(H,23,26). The lowest BCUT2D eigenvalue weighted by Gasteiger charge is -2.12. The number of benzene rings is 2. The number of hydrogen-bond acceptors (Lipinski definition) is 5. The van der Waals surface area contributed by atoms with Gasteiger partial charge in [0.05, 0.1) is 24.3 Å². The fraction of sp³-hybridized carbons (Fsp3) is 0.250. The van der Waals surface area contributed by atoms with E-state index in [4.69, 9.17) is 4.74 Å². The van der Waals surface area contributed by atoms with Crippen molar-refractivity contribution in [2.45, 2.75) is 26.6 Å². The zero-order valence-corrected chi connectivity index (χ0v) is 15.8. The molecular weight excluding hydrogens is 384 g/mol. The second-order valence-corrected chi connectivity index (χ2v) is 6.29. The van der Waals surface area contributed by atoms with Gasteiger partial charge in [-0.25, -0.2) is 4.98 Å². The third kappa shape index (κ3) is 4.68. The number of para-hydroxylation sites is 1. The van der Waals surface area contributed by atoms with Crippen LogP contribution in [0.25, 0.3) is 10.9 Å². The Kier molecular flexibility index (Phi) is 6.06. The number of carbonyl (C=O) groups is 1. The first-order valence-corrected chi connectivity index (χ1v) is 8.72. The lowest BCUT2D eigenvalue weighted by molar-refractivity contribution is -0.121. The van der Waals surface area contributed by atoms with Crippen LogP contribution in [0, 0.1) is 6.92 Å². The number of halogens is 2. The number of aromatic nitrogens is 2. The number of nitrogens with one attached hydrogen (secondary N) is 1. The third-order valence-corrected chi connectivity index (χ3v) is 4.30. The molecule has 3 rings (SSSR count). The Labute approximate surface area is 164 Å². The summed E-state index contributed by atoms with van der Waals surface area (Å²) < 4.78 is 35.4. The number of amides is 1. The molecule has 0 atom stereocenters. The Bertz CT molecular complexity index is 1100. The Morgan fingerprint density at radius 1 is 1.24 bits per heavy atom. The van der Waals surface area contributed by atoms with Crippen LogP contribution >= 0.6 is 0 Å². The number of nitrogens with zero attached hydrogens (tertiary/aromatic N) is 2. The molecule has 0 spiro atoms. The van der Waals surface area contributed by atoms with Crippen LogP contribution in [0.1, 0.15) is 11.1 Å². The number of aryl methyl sites for hydroxylation is 1. The minimum Gasteiger partial charge on any atom is -0.493 e. The van der Waals surface area contributed by atoms with Crippen molar-refractivity contribution < 1.29 is 23.0 Å². The number of hydrogen-bond donors (Lipinski definition) is 1. The molecular formula is C20H19F2N3O4.